The maximum atomic E-state index is 9.64. The normalized spacial score (nSPS) is 25.2. The van der Waals surface area contributed by atoms with Crippen molar-refractivity contribution >= 4 is 0 Å². The standard InChI is InChI=1S/C10H17NO/c1-2-3-4-7-10(12)9-6-5-8-11-9/h1,9-12H,3-8H2. The van der Waals surface area contributed by atoms with Crippen molar-refractivity contribution in [3.05, 3.63) is 0 Å². The van der Waals surface area contributed by atoms with Crippen LogP contribution < -0.4 is 5.32 Å². The van der Waals surface area contributed by atoms with Gasteiger partial charge in [-0.05, 0) is 32.2 Å². The van der Waals surface area contributed by atoms with Gasteiger partial charge in [-0.3, -0.25) is 0 Å². The molecule has 0 aromatic carbocycles. The molecule has 1 heterocycles. The lowest BCUT2D eigenvalue weighted by molar-refractivity contribution is 0.124. The van der Waals surface area contributed by atoms with Crippen LogP contribution in [0.5, 0.6) is 0 Å². The van der Waals surface area contributed by atoms with Gasteiger partial charge >= 0.3 is 0 Å². The second-order valence-corrected chi connectivity index (χ2v) is 3.37. The summed E-state index contributed by atoms with van der Waals surface area (Å²) in [7, 11) is 0. The van der Waals surface area contributed by atoms with E-state index in [1.165, 1.54) is 6.42 Å². The van der Waals surface area contributed by atoms with E-state index < -0.39 is 0 Å². The first-order chi connectivity index (χ1) is 5.84. The first kappa shape index (κ1) is 9.57. The molecule has 1 aliphatic heterocycles. The van der Waals surface area contributed by atoms with Gasteiger partial charge in [-0.25, -0.2) is 0 Å². The number of unbranched alkanes of at least 4 members (excludes halogenated alkanes) is 1. The van der Waals surface area contributed by atoms with Gasteiger partial charge in [0.1, 0.15) is 0 Å². The van der Waals surface area contributed by atoms with Crippen molar-refractivity contribution < 1.29 is 5.11 Å². The van der Waals surface area contributed by atoms with Gasteiger partial charge in [0.15, 0.2) is 0 Å². The fourth-order valence-corrected chi connectivity index (χ4v) is 1.65. The summed E-state index contributed by atoms with van der Waals surface area (Å²) in [6.07, 6.45) is 9.78. The highest BCUT2D eigenvalue weighted by molar-refractivity contribution is 4.85. The molecule has 68 valence electrons. The predicted octanol–water partition coefficient (Wildman–Crippen LogP) is 0.903. The van der Waals surface area contributed by atoms with Gasteiger partial charge in [-0.2, -0.15) is 0 Å². The molecular formula is C10H17NO. The number of nitrogens with one attached hydrogen (secondary N) is 1. The van der Waals surface area contributed by atoms with Crippen LogP contribution in [0, 0.1) is 12.3 Å². The molecule has 0 aromatic rings. The molecule has 12 heavy (non-hydrogen) atoms. The molecule has 0 saturated carbocycles. The van der Waals surface area contributed by atoms with Crippen LogP contribution in [0.1, 0.15) is 32.1 Å². The van der Waals surface area contributed by atoms with Crippen molar-refractivity contribution in [3.8, 4) is 12.3 Å². The fraction of sp³-hybridized carbons (Fsp3) is 0.800. The Morgan fingerprint density at radius 3 is 3.08 bits per heavy atom. The molecule has 2 N–H and O–H groups in total. The Balaban J connectivity index is 2.10. The van der Waals surface area contributed by atoms with Crippen molar-refractivity contribution in [2.45, 2.75) is 44.2 Å². The van der Waals surface area contributed by atoms with Crippen LogP contribution in [0.4, 0.5) is 0 Å². The smallest absolute Gasteiger partial charge is 0.0693 e. The fourth-order valence-electron chi connectivity index (χ4n) is 1.65. The third-order valence-corrected chi connectivity index (χ3v) is 2.38. The molecule has 0 bridgehead atoms. The molecule has 1 saturated heterocycles. The summed E-state index contributed by atoms with van der Waals surface area (Å²) in [6.45, 7) is 1.05. The zero-order chi connectivity index (χ0) is 8.81. The average Bonchev–Trinajstić information content (AvgIpc) is 2.56. The van der Waals surface area contributed by atoms with Crippen LogP contribution in [-0.4, -0.2) is 23.8 Å². The number of hydrogen-bond acceptors (Lipinski definition) is 2. The van der Waals surface area contributed by atoms with Crippen molar-refractivity contribution in [2.75, 3.05) is 6.54 Å². The van der Waals surface area contributed by atoms with Gasteiger partial charge in [-0.1, -0.05) is 0 Å². The average molecular weight is 167 g/mol. The van der Waals surface area contributed by atoms with Crippen molar-refractivity contribution in [1.82, 2.24) is 5.32 Å². The lowest BCUT2D eigenvalue weighted by atomic mass is 10.0. The van der Waals surface area contributed by atoms with Crippen molar-refractivity contribution in [2.24, 2.45) is 0 Å². The van der Waals surface area contributed by atoms with Crippen LogP contribution >= 0.6 is 0 Å². The molecule has 0 spiro atoms. The number of aliphatic hydroxyl groups is 1. The Labute approximate surface area is 74.4 Å². The molecule has 2 unspecified atom stereocenters. The Hall–Kier alpha value is -0.520. The van der Waals surface area contributed by atoms with E-state index in [1.807, 2.05) is 0 Å². The minimum absolute atomic E-state index is 0.194. The molecule has 1 fully saturated rings. The lowest BCUT2D eigenvalue weighted by Gasteiger charge is -2.17. The third kappa shape index (κ3) is 2.84. The van der Waals surface area contributed by atoms with Crippen LogP contribution in [0.15, 0.2) is 0 Å². The third-order valence-electron chi connectivity index (χ3n) is 2.38. The molecular weight excluding hydrogens is 150 g/mol. The molecule has 1 rings (SSSR count). The molecule has 1 aliphatic rings. The molecule has 2 nitrogen and oxygen atoms in total. The van der Waals surface area contributed by atoms with Crippen molar-refractivity contribution in [3.63, 3.8) is 0 Å². The van der Waals surface area contributed by atoms with Crippen LogP contribution in [-0.2, 0) is 0 Å². The molecule has 2 heteroatoms. The first-order valence-electron chi connectivity index (χ1n) is 4.69. The highest BCUT2D eigenvalue weighted by atomic mass is 16.3. The van der Waals surface area contributed by atoms with Gasteiger partial charge in [-0.15, -0.1) is 12.3 Å². The van der Waals surface area contributed by atoms with Gasteiger partial charge < -0.3 is 10.4 Å². The Morgan fingerprint density at radius 1 is 1.67 bits per heavy atom. The zero-order valence-corrected chi connectivity index (χ0v) is 7.42. The van der Waals surface area contributed by atoms with Gasteiger partial charge in [0.05, 0.1) is 6.10 Å². The minimum Gasteiger partial charge on any atom is -0.392 e. The highest BCUT2D eigenvalue weighted by Crippen LogP contribution is 2.13. The van der Waals surface area contributed by atoms with Crippen molar-refractivity contribution in [1.29, 1.82) is 0 Å². The number of rotatable bonds is 4. The van der Waals surface area contributed by atoms with Crippen LogP contribution in [0.3, 0.4) is 0 Å². The van der Waals surface area contributed by atoms with E-state index >= 15 is 0 Å². The predicted molar refractivity (Wildman–Crippen MR) is 49.7 cm³/mol. The molecule has 0 amide bonds. The summed E-state index contributed by atoms with van der Waals surface area (Å²) in [4.78, 5) is 0. The Bertz CT molecular complexity index is 156. The van der Waals surface area contributed by atoms with E-state index in [2.05, 4.69) is 11.2 Å². The van der Waals surface area contributed by atoms with E-state index in [0.29, 0.717) is 6.04 Å². The summed E-state index contributed by atoms with van der Waals surface area (Å²) in [5.74, 6) is 2.58. The Kier molecular flexibility index (Phi) is 4.13. The maximum absolute atomic E-state index is 9.64. The number of aliphatic hydroxyl groups excluding tert-OH is 1. The summed E-state index contributed by atoms with van der Waals surface area (Å²) >= 11 is 0. The lowest BCUT2D eigenvalue weighted by Crippen LogP contribution is -2.34. The van der Waals surface area contributed by atoms with Gasteiger partial charge in [0, 0.05) is 12.5 Å². The summed E-state index contributed by atoms with van der Waals surface area (Å²) in [6, 6.07) is 0.322. The van der Waals surface area contributed by atoms with E-state index in [-0.39, 0.29) is 6.10 Å². The highest BCUT2D eigenvalue weighted by Gasteiger charge is 2.21. The summed E-state index contributed by atoms with van der Waals surface area (Å²) in [5, 5.41) is 12.9. The van der Waals surface area contributed by atoms with Crippen LogP contribution in [0.25, 0.3) is 0 Å². The number of terminal acetylenes is 1. The van der Waals surface area contributed by atoms with Gasteiger partial charge in [0.25, 0.3) is 0 Å². The second-order valence-electron chi connectivity index (χ2n) is 3.37. The first-order valence-corrected chi connectivity index (χ1v) is 4.69. The van der Waals surface area contributed by atoms with E-state index in [1.54, 1.807) is 0 Å². The van der Waals surface area contributed by atoms with Crippen LogP contribution in [0.2, 0.25) is 0 Å². The Morgan fingerprint density at radius 2 is 2.50 bits per heavy atom. The molecule has 2 atom stereocenters. The summed E-state index contributed by atoms with van der Waals surface area (Å²) in [5.41, 5.74) is 0. The van der Waals surface area contributed by atoms with E-state index in [9.17, 15) is 5.11 Å². The topological polar surface area (TPSA) is 32.3 Å². The monoisotopic (exact) mass is 167 g/mol. The quantitative estimate of drug-likeness (QED) is 0.481. The molecule has 0 radical (unpaired) electrons. The maximum Gasteiger partial charge on any atom is 0.0693 e. The zero-order valence-electron chi connectivity index (χ0n) is 7.42. The van der Waals surface area contributed by atoms with E-state index in [4.69, 9.17) is 6.42 Å². The largest absolute Gasteiger partial charge is 0.392 e. The molecule has 0 aliphatic carbocycles. The molecule has 0 aromatic heterocycles. The number of hydrogen-bond donors (Lipinski definition) is 2. The summed E-state index contributed by atoms with van der Waals surface area (Å²) < 4.78 is 0. The van der Waals surface area contributed by atoms with E-state index in [0.717, 1.165) is 32.2 Å². The van der Waals surface area contributed by atoms with Gasteiger partial charge in [0.2, 0.25) is 0 Å². The minimum atomic E-state index is -0.194. The second kappa shape index (κ2) is 5.18. The SMILES string of the molecule is C#CCCCC(O)C1CCCN1.